The minimum absolute atomic E-state index is 0.0310. The molecule has 2 nitrogen and oxygen atoms in total. The van der Waals surface area contributed by atoms with E-state index in [-0.39, 0.29) is 17.5 Å². The van der Waals surface area contributed by atoms with Crippen LogP contribution in [0.4, 0.5) is 0 Å². The van der Waals surface area contributed by atoms with Gasteiger partial charge in [0, 0.05) is 12.8 Å². The molecule has 3 saturated carbocycles. The lowest BCUT2D eigenvalue weighted by Crippen LogP contribution is -2.51. The molecule has 4 aromatic rings. The van der Waals surface area contributed by atoms with Gasteiger partial charge in [0.1, 0.15) is 6.10 Å². The first kappa shape index (κ1) is 32.3. The number of carbonyl (C=O) groups excluding carboxylic acids is 1. The number of ether oxygens (including phenoxy) is 1. The van der Waals surface area contributed by atoms with Crippen molar-refractivity contribution in [1.29, 1.82) is 0 Å². The average Bonchev–Trinajstić information content (AvgIpc) is 3.44. The molecule has 8 atom stereocenters. The van der Waals surface area contributed by atoms with Crippen LogP contribution in [0.3, 0.4) is 0 Å². The molecule has 4 aromatic carbocycles. The molecular weight excluding hydrogens is 585 g/mol. The van der Waals surface area contributed by atoms with Crippen molar-refractivity contribution in [2.45, 2.75) is 124 Å². The van der Waals surface area contributed by atoms with Crippen molar-refractivity contribution in [3.8, 4) is 0 Å². The molecule has 254 valence electrons. The SMILES string of the molecule is CC(C)CCC[C@@H](C)[C@H]1CC[C@H]2[C@@H]3CC=C4CC(OC(=O)CCc5ccc6ccc7cccc8ccc5c6c78)CC[C@]4(C)[C@H]3CC[C@]12C. The number of aryl methyl sites for hydroxylation is 1. The molecule has 0 N–H and O–H groups in total. The number of carbonyl (C=O) groups is 1. The van der Waals surface area contributed by atoms with Gasteiger partial charge < -0.3 is 4.74 Å². The molecule has 0 heterocycles. The van der Waals surface area contributed by atoms with E-state index in [0.717, 1.165) is 54.8 Å². The molecule has 8 rings (SSSR count). The van der Waals surface area contributed by atoms with Gasteiger partial charge in [0.15, 0.2) is 0 Å². The van der Waals surface area contributed by atoms with Crippen LogP contribution in [0.2, 0.25) is 0 Å². The summed E-state index contributed by atoms with van der Waals surface area (Å²) in [6.07, 6.45) is 18.1. The molecule has 0 aromatic heterocycles. The van der Waals surface area contributed by atoms with E-state index in [1.807, 2.05) is 0 Å². The quantitative estimate of drug-likeness (QED) is 0.103. The van der Waals surface area contributed by atoms with Crippen molar-refractivity contribution in [3.05, 3.63) is 71.8 Å². The minimum Gasteiger partial charge on any atom is -0.462 e. The molecule has 0 saturated heterocycles. The van der Waals surface area contributed by atoms with Crippen molar-refractivity contribution in [3.63, 3.8) is 0 Å². The molecule has 0 aliphatic heterocycles. The van der Waals surface area contributed by atoms with Crippen molar-refractivity contribution < 1.29 is 9.53 Å². The van der Waals surface area contributed by atoms with Gasteiger partial charge >= 0.3 is 5.97 Å². The van der Waals surface area contributed by atoms with Crippen LogP contribution >= 0.6 is 0 Å². The number of hydrogen-bond donors (Lipinski definition) is 0. The second-order valence-electron chi connectivity index (χ2n) is 17.7. The Balaban J connectivity index is 0.910. The maximum Gasteiger partial charge on any atom is 0.306 e. The Hall–Kier alpha value is -2.87. The lowest BCUT2D eigenvalue weighted by molar-refractivity contribution is -0.151. The van der Waals surface area contributed by atoms with E-state index in [0.29, 0.717) is 11.8 Å². The van der Waals surface area contributed by atoms with Crippen LogP contribution in [0.5, 0.6) is 0 Å². The van der Waals surface area contributed by atoms with Crippen LogP contribution in [0.25, 0.3) is 32.3 Å². The van der Waals surface area contributed by atoms with Gasteiger partial charge in [-0.05, 0) is 136 Å². The van der Waals surface area contributed by atoms with Gasteiger partial charge in [0.25, 0.3) is 0 Å². The van der Waals surface area contributed by atoms with Gasteiger partial charge in [-0.2, -0.15) is 0 Å². The van der Waals surface area contributed by atoms with Gasteiger partial charge in [0.05, 0.1) is 0 Å². The highest BCUT2D eigenvalue weighted by Gasteiger charge is 2.59. The van der Waals surface area contributed by atoms with E-state index in [9.17, 15) is 4.79 Å². The molecule has 3 fully saturated rings. The first-order chi connectivity index (χ1) is 23.2. The van der Waals surface area contributed by atoms with Crippen LogP contribution in [0, 0.1) is 46.3 Å². The Kier molecular flexibility index (Phi) is 8.40. The van der Waals surface area contributed by atoms with Crippen LogP contribution in [0.15, 0.2) is 66.2 Å². The molecule has 0 radical (unpaired) electrons. The second-order valence-corrected chi connectivity index (χ2v) is 17.7. The number of benzene rings is 4. The van der Waals surface area contributed by atoms with Crippen molar-refractivity contribution in [1.82, 2.24) is 0 Å². The molecule has 2 heteroatoms. The van der Waals surface area contributed by atoms with E-state index in [1.165, 1.54) is 95.7 Å². The summed E-state index contributed by atoms with van der Waals surface area (Å²) >= 11 is 0. The lowest BCUT2D eigenvalue weighted by atomic mass is 9.47. The summed E-state index contributed by atoms with van der Waals surface area (Å²) < 4.78 is 6.26. The van der Waals surface area contributed by atoms with Crippen LogP contribution in [-0.4, -0.2) is 12.1 Å². The smallest absolute Gasteiger partial charge is 0.306 e. The number of hydrogen-bond acceptors (Lipinski definition) is 2. The summed E-state index contributed by atoms with van der Waals surface area (Å²) in [5.41, 5.74) is 3.68. The van der Waals surface area contributed by atoms with Gasteiger partial charge in [-0.1, -0.05) is 120 Å². The highest BCUT2D eigenvalue weighted by Crippen LogP contribution is 2.67. The monoisotopic (exact) mass is 642 g/mol. The number of fused-ring (bicyclic) bond motifs is 5. The number of allylic oxidation sites excluding steroid dienone is 1. The highest BCUT2D eigenvalue weighted by molar-refractivity contribution is 6.23. The van der Waals surface area contributed by atoms with Gasteiger partial charge in [0.2, 0.25) is 0 Å². The standard InChI is InChI=1S/C46H58O2/c1-29(2)8-6-9-30(3)39-21-22-40-38-20-18-35-28-36(24-26-45(35,4)41(38)25-27-46(39,40)5)48-42(47)23-17-31-12-13-34-15-14-32-10-7-11-33-16-19-37(31)44(34)43(32)33/h7,10-16,18-19,29-30,36,38-41H,6,8-9,17,20-28H2,1-5H3/t30-,36?,38+,39-,40+,41+,45+,46-/m1/s1. The molecule has 48 heavy (non-hydrogen) atoms. The van der Waals surface area contributed by atoms with E-state index in [1.54, 1.807) is 5.57 Å². The van der Waals surface area contributed by atoms with Gasteiger partial charge in [-0.15, -0.1) is 0 Å². The summed E-state index contributed by atoms with van der Waals surface area (Å²) in [5, 5.41) is 7.79. The van der Waals surface area contributed by atoms with Gasteiger partial charge in [-0.3, -0.25) is 4.79 Å². The maximum absolute atomic E-state index is 13.3. The zero-order valence-corrected chi connectivity index (χ0v) is 30.3. The fraction of sp³-hybridized carbons (Fsp3) is 0.587. The van der Waals surface area contributed by atoms with Crippen LogP contribution < -0.4 is 0 Å². The first-order valence-corrected chi connectivity index (χ1v) is 19.7. The average molecular weight is 643 g/mol. The summed E-state index contributed by atoms with van der Waals surface area (Å²) in [6.45, 7) is 12.6. The Labute approximate surface area is 289 Å². The Morgan fingerprint density at radius 1 is 0.833 bits per heavy atom. The zero-order chi connectivity index (χ0) is 33.2. The van der Waals surface area contributed by atoms with Gasteiger partial charge in [-0.25, -0.2) is 0 Å². The topological polar surface area (TPSA) is 26.3 Å². The first-order valence-electron chi connectivity index (χ1n) is 19.7. The molecule has 1 unspecified atom stereocenters. The third kappa shape index (κ3) is 5.39. The third-order valence-electron chi connectivity index (χ3n) is 14.8. The molecular formula is C46H58O2. The number of rotatable bonds is 9. The molecule has 0 bridgehead atoms. The molecule has 0 spiro atoms. The fourth-order valence-electron chi connectivity index (χ4n) is 12.2. The van der Waals surface area contributed by atoms with E-state index in [2.05, 4.69) is 95.3 Å². The second kappa shape index (κ2) is 12.5. The third-order valence-corrected chi connectivity index (χ3v) is 14.8. The maximum atomic E-state index is 13.3. The Morgan fingerprint density at radius 3 is 2.38 bits per heavy atom. The molecule has 4 aliphatic rings. The lowest BCUT2D eigenvalue weighted by Gasteiger charge is -2.58. The zero-order valence-electron chi connectivity index (χ0n) is 30.3. The Morgan fingerprint density at radius 2 is 1.58 bits per heavy atom. The molecule has 4 aliphatic carbocycles. The highest BCUT2D eigenvalue weighted by atomic mass is 16.5. The van der Waals surface area contributed by atoms with Crippen molar-refractivity contribution >= 4 is 38.3 Å². The predicted octanol–water partition coefficient (Wildman–Crippen LogP) is 12.5. The largest absolute Gasteiger partial charge is 0.462 e. The summed E-state index contributed by atoms with van der Waals surface area (Å²) in [4.78, 5) is 13.3. The summed E-state index contributed by atoms with van der Waals surface area (Å²) in [7, 11) is 0. The van der Waals surface area contributed by atoms with E-state index in [4.69, 9.17) is 4.74 Å². The van der Waals surface area contributed by atoms with Crippen molar-refractivity contribution in [2.24, 2.45) is 46.3 Å². The van der Waals surface area contributed by atoms with Crippen LogP contribution in [0.1, 0.15) is 117 Å². The molecule has 0 amide bonds. The normalized spacial score (nSPS) is 32.3. The number of esters is 1. The Bertz CT molecular complexity index is 1810. The van der Waals surface area contributed by atoms with Crippen LogP contribution in [-0.2, 0) is 16.0 Å². The predicted molar refractivity (Wildman–Crippen MR) is 201 cm³/mol. The fourth-order valence-corrected chi connectivity index (χ4v) is 12.2. The van der Waals surface area contributed by atoms with E-state index < -0.39 is 0 Å². The summed E-state index contributed by atoms with van der Waals surface area (Å²) in [6, 6.07) is 19.9. The minimum atomic E-state index is -0.0310. The summed E-state index contributed by atoms with van der Waals surface area (Å²) in [5.74, 6) is 5.10. The van der Waals surface area contributed by atoms with E-state index >= 15 is 0 Å². The van der Waals surface area contributed by atoms with Crippen molar-refractivity contribution in [2.75, 3.05) is 0 Å².